The zero-order chi connectivity index (χ0) is 19.5. The molecule has 2 aromatic rings. The van der Waals surface area contributed by atoms with Gasteiger partial charge in [-0.1, -0.05) is 12.1 Å². The first-order chi connectivity index (χ1) is 13.6. The molecule has 2 heterocycles. The number of methoxy groups -OCH3 is 1. The number of fused-ring (bicyclic) bond motifs is 1. The Morgan fingerprint density at radius 1 is 1.14 bits per heavy atom. The van der Waals surface area contributed by atoms with Crippen LogP contribution in [0.5, 0.6) is 17.2 Å². The highest BCUT2D eigenvalue weighted by atomic mass is 16.7. The third-order valence-corrected chi connectivity index (χ3v) is 4.72. The number of hydrogen-bond donors (Lipinski definition) is 1. The largest absolute Gasteiger partial charge is 0.497 e. The molecule has 2 aliphatic rings. The van der Waals surface area contributed by atoms with Crippen molar-refractivity contribution in [2.24, 2.45) is 0 Å². The Hall–Kier alpha value is -3.42. The van der Waals surface area contributed by atoms with Crippen molar-refractivity contribution < 1.29 is 23.8 Å². The van der Waals surface area contributed by atoms with E-state index in [1.807, 2.05) is 30.3 Å². The van der Waals surface area contributed by atoms with Gasteiger partial charge in [0, 0.05) is 31.4 Å². The van der Waals surface area contributed by atoms with Gasteiger partial charge in [-0.05, 0) is 29.8 Å². The van der Waals surface area contributed by atoms with Gasteiger partial charge in [0.2, 0.25) is 12.7 Å². The van der Waals surface area contributed by atoms with Crippen LogP contribution in [-0.4, -0.2) is 50.4 Å². The van der Waals surface area contributed by atoms with Crippen LogP contribution in [0, 0.1) is 0 Å². The smallest absolute Gasteiger partial charge is 0.325 e. The molecule has 0 radical (unpaired) electrons. The number of hydrogen-bond acceptors (Lipinski definition) is 5. The standard InChI is InChI=1S/C20H21N3O5/c1-26-16-4-2-3-14(9-16)11-21-19(24)12-22-7-8-23(20(22)25)15-5-6-17-18(10-15)28-13-27-17/h2-6,9-10H,7-8,11-13H2,1H3,(H,21,24). The second-order valence-corrected chi connectivity index (χ2v) is 6.52. The molecule has 8 nitrogen and oxygen atoms in total. The van der Waals surface area contributed by atoms with Crippen molar-refractivity contribution in [1.82, 2.24) is 10.2 Å². The highest BCUT2D eigenvalue weighted by Gasteiger charge is 2.31. The Morgan fingerprint density at radius 2 is 2.00 bits per heavy atom. The molecule has 0 spiro atoms. The Bertz CT molecular complexity index is 901. The van der Waals surface area contributed by atoms with Crippen molar-refractivity contribution in [3.05, 3.63) is 48.0 Å². The molecule has 0 aliphatic carbocycles. The first-order valence-corrected chi connectivity index (χ1v) is 9.00. The molecule has 0 bridgehead atoms. The summed E-state index contributed by atoms with van der Waals surface area (Å²) in [7, 11) is 1.60. The minimum absolute atomic E-state index is 0.0177. The van der Waals surface area contributed by atoms with Crippen molar-refractivity contribution >= 4 is 17.6 Å². The number of carbonyl (C=O) groups excluding carboxylic acids is 2. The molecule has 4 rings (SSSR count). The van der Waals surface area contributed by atoms with E-state index in [0.29, 0.717) is 31.1 Å². The summed E-state index contributed by atoms with van der Waals surface area (Å²) >= 11 is 0. The van der Waals surface area contributed by atoms with E-state index in [1.165, 1.54) is 4.90 Å². The summed E-state index contributed by atoms with van der Waals surface area (Å²) in [6, 6.07) is 12.7. The molecule has 1 N–H and O–H groups in total. The van der Waals surface area contributed by atoms with E-state index in [4.69, 9.17) is 14.2 Å². The molecule has 2 aromatic carbocycles. The van der Waals surface area contributed by atoms with E-state index in [0.717, 1.165) is 17.0 Å². The lowest BCUT2D eigenvalue weighted by atomic mass is 10.2. The van der Waals surface area contributed by atoms with Crippen molar-refractivity contribution in [1.29, 1.82) is 0 Å². The van der Waals surface area contributed by atoms with Crippen LogP contribution >= 0.6 is 0 Å². The molecule has 8 heteroatoms. The molecular weight excluding hydrogens is 362 g/mol. The molecule has 0 saturated carbocycles. The van der Waals surface area contributed by atoms with Crippen LogP contribution in [0.4, 0.5) is 10.5 Å². The molecule has 0 atom stereocenters. The van der Waals surface area contributed by atoms with Crippen molar-refractivity contribution in [3.8, 4) is 17.2 Å². The number of ether oxygens (including phenoxy) is 3. The van der Waals surface area contributed by atoms with Gasteiger partial charge in [-0.3, -0.25) is 9.69 Å². The number of rotatable bonds is 6. The Kier molecular flexibility index (Phi) is 4.92. The van der Waals surface area contributed by atoms with Gasteiger partial charge in [-0.2, -0.15) is 0 Å². The Morgan fingerprint density at radius 3 is 2.86 bits per heavy atom. The number of anilines is 1. The summed E-state index contributed by atoms with van der Waals surface area (Å²) in [5.74, 6) is 1.83. The Balaban J connectivity index is 1.33. The van der Waals surface area contributed by atoms with Gasteiger partial charge >= 0.3 is 6.03 Å². The summed E-state index contributed by atoms with van der Waals surface area (Å²) < 4.78 is 15.8. The zero-order valence-electron chi connectivity index (χ0n) is 15.5. The lowest BCUT2D eigenvalue weighted by Gasteiger charge is -2.18. The van der Waals surface area contributed by atoms with Crippen LogP contribution in [0.1, 0.15) is 5.56 Å². The molecule has 2 aliphatic heterocycles. The van der Waals surface area contributed by atoms with Gasteiger partial charge < -0.3 is 24.4 Å². The molecule has 28 heavy (non-hydrogen) atoms. The maximum absolute atomic E-state index is 12.7. The quantitative estimate of drug-likeness (QED) is 0.825. The number of carbonyl (C=O) groups is 2. The van der Waals surface area contributed by atoms with Crippen molar-refractivity contribution in [2.45, 2.75) is 6.54 Å². The molecule has 3 amide bonds. The summed E-state index contributed by atoms with van der Waals surface area (Å²) in [6.45, 7) is 1.58. The van der Waals surface area contributed by atoms with E-state index in [2.05, 4.69) is 5.32 Å². The van der Waals surface area contributed by atoms with Crippen LogP contribution in [-0.2, 0) is 11.3 Å². The highest BCUT2D eigenvalue weighted by Crippen LogP contribution is 2.36. The lowest BCUT2D eigenvalue weighted by molar-refractivity contribution is -0.121. The van der Waals surface area contributed by atoms with Gasteiger partial charge in [0.1, 0.15) is 12.3 Å². The first-order valence-electron chi connectivity index (χ1n) is 9.00. The fourth-order valence-electron chi connectivity index (χ4n) is 3.23. The second kappa shape index (κ2) is 7.67. The average Bonchev–Trinajstić information content (AvgIpc) is 3.33. The van der Waals surface area contributed by atoms with Crippen LogP contribution in [0.15, 0.2) is 42.5 Å². The van der Waals surface area contributed by atoms with E-state index < -0.39 is 0 Å². The minimum Gasteiger partial charge on any atom is -0.497 e. The third kappa shape index (κ3) is 3.66. The lowest BCUT2D eigenvalue weighted by Crippen LogP contribution is -2.39. The minimum atomic E-state index is -0.205. The van der Waals surface area contributed by atoms with Crippen LogP contribution < -0.4 is 24.4 Å². The van der Waals surface area contributed by atoms with Crippen molar-refractivity contribution in [3.63, 3.8) is 0 Å². The third-order valence-electron chi connectivity index (χ3n) is 4.72. The molecule has 0 aromatic heterocycles. The zero-order valence-corrected chi connectivity index (χ0v) is 15.5. The summed E-state index contributed by atoms with van der Waals surface area (Å²) in [6.07, 6.45) is 0. The maximum Gasteiger partial charge on any atom is 0.325 e. The normalized spacial score (nSPS) is 15.1. The predicted molar refractivity (Wildman–Crippen MR) is 102 cm³/mol. The molecule has 1 saturated heterocycles. The molecule has 0 unspecified atom stereocenters. The van der Waals surface area contributed by atoms with E-state index in [1.54, 1.807) is 24.1 Å². The summed E-state index contributed by atoms with van der Waals surface area (Å²) in [4.78, 5) is 28.1. The van der Waals surface area contributed by atoms with E-state index in [9.17, 15) is 9.59 Å². The summed E-state index contributed by atoms with van der Waals surface area (Å²) in [5, 5.41) is 2.84. The van der Waals surface area contributed by atoms with E-state index >= 15 is 0 Å². The number of amides is 3. The van der Waals surface area contributed by atoms with Gasteiger partial charge in [-0.15, -0.1) is 0 Å². The van der Waals surface area contributed by atoms with Gasteiger partial charge in [0.15, 0.2) is 11.5 Å². The summed E-state index contributed by atoms with van der Waals surface area (Å²) in [5.41, 5.74) is 1.66. The fourth-order valence-corrected chi connectivity index (χ4v) is 3.23. The predicted octanol–water partition coefficient (Wildman–Crippen LogP) is 1.98. The maximum atomic E-state index is 12.7. The SMILES string of the molecule is COc1cccc(CNC(=O)CN2CCN(c3ccc4c(c3)OCO4)C2=O)c1. The van der Waals surface area contributed by atoms with Gasteiger partial charge in [-0.25, -0.2) is 4.79 Å². The van der Waals surface area contributed by atoms with Crippen molar-refractivity contribution in [2.75, 3.05) is 38.4 Å². The number of benzene rings is 2. The molecular formula is C20H21N3O5. The van der Waals surface area contributed by atoms with E-state index in [-0.39, 0.29) is 25.3 Å². The van der Waals surface area contributed by atoms with Crippen LogP contribution in [0.2, 0.25) is 0 Å². The Labute approximate surface area is 162 Å². The van der Waals surface area contributed by atoms with Crippen LogP contribution in [0.3, 0.4) is 0 Å². The second-order valence-electron chi connectivity index (χ2n) is 6.52. The topological polar surface area (TPSA) is 80.3 Å². The van der Waals surface area contributed by atoms with Gasteiger partial charge in [0.05, 0.1) is 7.11 Å². The van der Waals surface area contributed by atoms with Crippen LogP contribution in [0.25, 0.3) is 0 Å². The number of urea groups is 1. The molecule has 1 fully saturated rings. The van der Waals surface area contributed by atoms with Gasteiger partial charge in [0.25, 0.3) is 0 Å². The highest BCUT2D eigenvalue weighted by molar-refractivity contribution is 5.96. The number of nitrogens with zero attached hydrogens (tertiary/aromatic N) is 2. The average molecular weight is 383 g/mol. The first kappa shape index (κ1) is 18.0. The fraction of sp³-hybridized carbons (Fsp3) is 0.300. The monoisotopic (exact) mass is 383 g/mol. The molecule has 146 valence electrons. The number of nitrogens with one attached hydrogen (secondary N) is 1.